The fourth-order valence-electron chi connectivity index (χ4n) is 3.68. The summed E-state index contributed by atoms with van der Waals surface area (Å²) in [6.45, 7) is 1.97. The standard InChI is InChI=1S/C21H26N4O5S/c1-15-8-9-17(25(27)28)14-20(15)31(29,30)24-12-10-16(11-13-24)21(26)22-18-6-4-5-7-19(18)23(2)3/h4-9,14,16H,10-13H2,1-3H3,(H,22,26). The second-order valence-corrected chi connectivity index (χ2v) is 9.69. The SMILES string of the molecule is Cc1ccc([N+](=O)[O-])cc1S(=O)(=O)N1CCC(C(=O)Nc2ccccc2N(C)C)CC1. The first-order chi connectivity index (χ1) is 14.6. The summed E-state index contributed by atoms with van der Waals surface area (Å²) in [7, 11) is -0.0980. The van der Waals surface area contributed by atoms with Gasteiger partial charge in [-0.2, -0.15) is 4.31 Å². The van der Waals surface area contributed by atoms with E-state index in [0.717, 1.165) is 11.8 Å². The highest BCUT2D eigenvalue weighted by molar-refractivity contribution is 7.89. The Morgan fingerprint density at radius 1 is 1.16 bits per heavy atom. The van der Waals surface area contributed by atoms with Crippen LogP contribution in [0.3, 0.4) is 0 Å². The van der Waals surface area contributed by atoms with Crippen molar-refractivity contribution in [1.29, 1.82) is 0 Å². The molecule has 9 nitrogen and oxygen atoms in total. The van der Waals surface area contributed by atoms with Crippen LogP contribution in [0.4, 0.5) is 17.1 Å². The number of rotatable bonds is 6. The van der Waals surface area contributed by atoms with Crippen LogP contribution in [-0.4, -0.2) is 50.7 Å². The first kappa shape index (κ1) is 22.7. The molecule has 31 heavy (non-hydrogen) atoms. The molecule has 3 rings (SSSR count). The number of hydrogen-bond acceptors (Lipinski definition) is 6. The Morgan fingerprint density at radius 3 is 2.42 bits per heavy atom. The van der Waals surface area contributed by atoms with Crippen LogP contribution in [0.1, 0.15) is 18.4 Å². The summed E-state index contributed by atoms with van der Waals surface area (Å²) in [5.74, 6) is -0.453. The van der Waals surface area contributed by atoms with Crippen molar-refractivity contribution in [1.82, 2.24) is 4.31 Å². The topological polar surface area (TPSA) is 113 Å². The molecule has 1 aliphatic heterocycles. The minimum Gasteiger partial charge on any atom is -0.376 e. The number of nitrogens with one attached hydrogen (secondary N) is 1. The van der Waals surface area contributed by atoms with Gasteiger partial charge in [0.05, 0.1) is 21.2 Å². The summed E-state index contributed by atoms with van der Waals surface area (Å²) < 4.78 is 27.4. The second-order valence-electron chi connectivity index (χ2n) is 7.79. The van der Waals surface area contributed by atoms with E-state index in [4.69, 9.17) is 0 Å². The number of benzene rings is 2. The van der Waals surface area contributed by atoms with Crippen molar-refractivity contribution in [2.75, 3.05) is 37.4 Å². The maximum Gasteiger partial charge on any atom is 0.270 e. The molecule has 166 valence electrons. The Labute approximate surface area is 181 Å². The van der Waals surface area contributed by atoms with Gasteiger partial charge in [0, 0.05) is 45.2 Å². The first-order valence-corrected chi connectivity index (χ1v) is 11.4. The normalized spacial score (nSPS) is 15.5. The largest absolute Gasteiger partial charge is 0.376 e. The average molecular weight is 447 g/mol. The van der Waals surface area contributed by atoms with Crippen LogP contribution in [0.2, 0.25) is 0 Å². The molecule has 0 atom stereocenters. The summed E-state index contributed by atoms with van der Waals surface area (Å²) in [6, 6.07) is 11.3. The minimum atomic E-state index is -3.88. The number of nitrogens with zero attached hydrogens (tertiary/aromatic N) is 3. The maximum atomic E-state index is 13.1. The lowest BCUT2D eigenvalue weighted by Crippen LogP contribution is -2.41. The number of para-hydroxylation sites is 2. The molecule has 0 unspecified atom stereocenters. The van der Waals surface area contributed by atoms with E-state index in [0.29, 0.717) is 24.1 Å². The number of carbonyl (C=O) groups excluding carboxylic acids is 1. The van der Waals surface area contributed by atoms with Gasteiger partial charge in [-0.3, -0.25) is 14.9 Å². The van der Waals surface area contributed by atoms with Gasteiger partial charge >= 0.3 is 0 Å². The van der Waals surface area contributed by atoms with Crippen LogP contribution in [0.25, 0.3) is 0 Å². The Bertz CT molecular complexity index is 1090. The molecule has 0 aromatic heterocycles. The van der Waals surface area contributed by atoms with E-state index < -0.39 is 14.9 Å². The number of carbonyl (C=O) groups is 1. The van der Waals surface area contributed by atoms with Gasteiger partial charge in [-0.1, -0.05) is 18.2 Å². The van der Waals surface area contributed by atoms with Crippen LogP contribution in [-0.2, 0) is 14.8 Å². The molecule has 1 amide bonds. The van der Waals surface area contributed by atoms with Gasteiger partial charge in [-0.05, 0) is 37.5 Å². The summed E-state index contributed by atoms with van der Waals surface area (Å²) in [6.07, 6.45) is 0.756. The zero-order valence-corrected chi connectivity index (χ0v) is 18.6. The predicted octanol–water partition coefficient (Wildman–Crippen LogP) is 3.01. The van der Waals surface area contributed by atoms with Crippen molar-refractivity contribution in [3.8, 4) is 0 Å². The lowest BCUT2D eigenvalue weighted by molar-refractivity contribution is -0.385. The fourth-order valence-corrected chi connectivity index (χ4v) is 5.40. The summed E-state index contributed by atoms with van der Waals surface area (Å²) >= 11 is 0. The zero-order valence-electron chi connectivity index (χ0n) is 17.7. The van der Waals surface area contributed by atoms with Crippen molar-refractivity contribution in [3.63, 3.8) is 0 Å². The maximum absolute atomic E-state index is 13.1. The first-order valence-electron chi connectivity index (χ1n) is 9.93. The van der Waals surface area contributed by atoms with Gasteiger partial charge in [-0.15, -0.1) is 0 Å². The van der Waals surface area contributed by atoms with Gasteiger partial charge < -0.3 is 10.2 Å². The van der Waals surface area contributed by atoms with Crippen LogP contribution in [0, 0.1) is 23.0 Å². The van der Waals surface area contributed by atoms with Crippen molar-refractivity contribution in [2.45, 2.75) is 24.7 Å². The number of hydrogen-bond donors (Lipinski definition) is 1. The number of amides is 1. The van der Waals surface area contributed by atoms with E-state index in [9.17, 15) is 23.3 Å². The van der Waals surface area contributed by atoms with E-state index >= 15 is 0 Å². The highest BCUT2D eigenvalue weighted by Gasteiger charge is 2.33. The smallest absolute Gasteiger partial charge is 0.270 e. The molecule has 0 spiro atoms. The number of sulfonamides is 1. The Hall–Kier alpha value is -2.98. The molecular formula is C21H26N4O5S. The molecule has 1 fully saturated rings. The van der Waals surface area contributed by atoms with Gasteiger partial charge in [0.1, 0.15) is 0 Å². The van der Waals surface area contributed by atoms with Gasteiger partial charge in [-0.25, -0.2) is 8.42 Å². The van der Waals surface area contributed by atoms with E-state index in [1.165, 1.54) is 16.4 Å². The monoisotopic (exact) mass is 446 g/mol. The van der Waals surface area contributed by atoms with Gasteiger partial charge in [0.15, 0.2) is 0 Å². The predicted molar refractivity (Wildman–Crippen MR) is 119 cm³/mol. The number of aryl methyl sites for hydroxylation is 1. The molecule has 1 heterocycles. The summed E-state index contributed by atoms with van der Waals surface area (Å²) in [4.78, 5) is 25.1. The zero-order chi connectivity index (χ0) is 22.8. The Morgan fingerprint density at radius 2 is 1.81 bits per heavy atom. The van der Waals surface area contributed by atoms with Crippen LogP contribution < -0.4 is 10.2 Å². The molecule has 0 aliphatic carbocycles. The fraction of sp³-hybridized carbons (Fsp3) is 0.381. The molecule has 0 bridgehead atoms. The van der Waals surface area contributed by atoms with Gasteiger partial charge in [0.2, 0.25) is 15.9 Å². The number of anilines is 2. The quantitative estimate of drug-likeness (QED) is 0.539. The molecular weight excluding hydrogens is 420 g/mol. The number of nitro benzene ring substituents is 1. The Balaban J connectivity index is 1.70. The molecule has 0 saturated carbocycles. The third kappa shape index (κ3) is 4.86. The number of non-ortho nitro benzene ring substituents is 1. The van der Waals surface area contributed by atoms with E-state index in [2.05, 4.69) is 5.32 Å². The second kappa shape index (κ2) is 9.03. The summed E-state index contributed by atoms with van der Waals surface area (Å²) in [5, 5.41) is 14.0. The molecule has 1 aliphatic rings. The molecule has 1 N–H and O–H groups in total. The molecule has 0 radical (unpaired) electrons. The molecule has 2 aromatic carbocycles. The summed E-state index contributed by atoms with van der Waals surface area (Å²) in [5.41, 5.74) is 1.78. The molecule has 1 saturated heterocycles. The number of nitro groups is 1. The molecule has 2 aromatic rings. The number of piperidine rings is 1. The lowest BCUT2D eigenvalue weighted by Gasteiger charge is -2.31. The average Bonchev–Trinajstić information content (AvgIpc) is 2.74. The van der Waals surface area contributed by atoms with Crippen molar-refractivity contribution < 1.29 is 18.1 Å². The highest BCUT2D eigenvalue weighted by atomic mass is 32.2. The van der Waals surface area contributed by atoms with Crippen LogP contribution >= 0.6 is 0 Å². The van der Waals surface area contributed by atoms with Gasteiger partial charge in [0.25, 0.3) is 5.69 Å². The van der Waals surface area contributed by atoms with Crippen LogP contribution in [0.5, 0.6) is 0 Å². The van der Waals surface area contributed by atoms with E-state index in [1.54, 1.807) is 6.92 Å². The van der Waals surface area contributed by atoms with Crippen LogP contribution in [0.15, 0.2) is 47.4 Å². The molecule has 10 heteroatoms. The van der Waals surface area contributed by atoms with Crippen molar-refractivity contribution in [2.24, 2.45) is 5.92 Å². The Kier molecular flexibility index (Phi) is 6.61. The third-order valence-corrected chi connectivity index (χ3v) is 7.51. The van der Waals surface area contributed by atoms with E-state index in [-0.39, 0.29) is 35.5 Å². The lowest BCUT2D eigenvalue weighted by atomic mass is 9.97. The highest BCUT2D eigenvalue weighted by Crippen LogP contribution is 2.30. The van der Waals surface area contributed by atoms with E-state index in [1.807, 2.05) is 43.3 Å². The third-order valence-electron chi connectivity index (χ3n) is 5.47. The van der Waals surface area contributed by atoms with Crippen molar-refractivity contribution >= 4 is 33.0 Å². The van der Waals surface area contributed by atoms with Crippen molar-refractivity contribution in [3.05, 3.63) is 58.1 Å². The minimum absolute atomic E-state index is 0.0653.